The lowest BCUT2D eigenvalue weighted by Gasteiger charge is -2.10. The molecule has 0 aromatic heterocycles. The zero-order valence-electron chi connectivity index (χ0n) is 13.1. The molecule has 0 fully saturated rings. The van der Waals surface area contributed by atoms with Gasteiger partial charge in [0.25, 0.3) is 0 Å². The molecule has 4 nitrogen and oxygen atoms in total. The zero-order chi connectivity index (χ0) is 17.4. The molecule has 0 atom stereocenters. The summed E-state index contributed by atoms with van der Waals surface area (Å²) in [7, 11) is 0. The maximum atomic E-state index is 5.93. The summed E-state index contributed by atoms with van der Waals surface area (Å²) >= 11 is 10.8. The fourth-order valence-electron chi connectivity index (χ4n) is 1.85. The third kappa shape index (κ3) is 6.37. The quantitative estimate of drug-likeness (QED) is 0.257. The summed E-state index contributed by atoms with van der Waals surface area (Å²) in [5.41, 5.74) is 4.76. The summed E-state index contributed by atoms with van der Waals surface area (Å²) in [6, 6.07) is 14.1. The van der Waals surface area contributed by atoms with Gasteiger partial charge >= 0.3 is 0 Å². The molecule has 0 radical (unpaired) electrons. The van der Waals surface area contributed by atoms with Crippen LogP contribution in [0.5, 0.6) is 5.75 Å². The van der Waals surface area contributed by atoms with Gasteiger partial charge in [0, 0.05) is 20.2 Å². The van der Waals surface area contributed by atoms with Crippen LogP contribution in [0.25, 0.3) is 0 Å². The Morgan fingerprint density at radius 3 is 2.75 bits per heavy atom. The number of nitrogens with zero attached hydrogens (tertiary/aromatic N) is 1. The van der Waals surface area contributed by atoms with Crippen molar-refractivity contribution in [1.82, 2.24) is 10.7 Å². The first-order valence-electron chi connectivity index (χ1n) is 7.32. The van der Waals surface area contributed by atoms with E-state index in [2.05, 4.69) is 78.6 Å². The Hall–Kier alpha value is -1.19. The van der Waals surface area contributed by atoms with Crippen molar-refractivity contribution in [3.05, 3.63) is 61.6 Å². The number of nitrogens with one attached hydrogen (secondary N) is 2. The summed E-state index contributed by atoms with van der Waals surface area (Å²) in [5, 5.41) is 7.61. The summed E-state index contributed by atoms with van der Waals surface area (Å²) < 4.78 is 8.09. The van der Waals surface area contributed by atoms with Crippen molar-refractivity contribution in [2.45, 2.75) is 13.5 Å². The smallest absolute Gasteiger partial charge is 0.186 e. The molecule has 0 heterocycles. The van der Waals surface area contributed by atoms with Crippen LogP contribution in [0.1, 0.15) is 18.1 Å². The molecule has 2 N–H and O–H groups in total. The second-order valence-corrected chi connectivity index (χ2v) is 7.40. The number of ether oxygens (including phenoxy) is 1. The lowest BCUT2D eigenvalue weighted by molar-refractivity contribution is 0.305. The second kappa shape index (κ2) is 9.95. The van der Waals surface area contributed by atoms with Crippen molar-refractivity contribution in [1.29, 1.82) is 0 Å². The normalized spacial score (nSPS) is 10.6. The van der Waals surface area contributed by atoms with E-state index in [0.717, 1.165) is 27.9 Å². The highest BCUT2D eigenvalue weighted by Crippen LogP contribution is 2.23. The van der Waals surface area contributed by atoms with Gasteiger partial charge in [0.1, 0.15) is 12.4 Å². The lowest BCUT2D eigenvalue weighted by atomic mass is 10.2. The first kappa shape index (κ1) is 19.1. The van der Waals surface area contributed by atoms with Gasteiger partial charge < -0.3 is 10.1 Å². The SMILES string of the molecule is CCNC(=S)N/N=C\c1cc(Br)ccc1OCc1ccc(I)cc1. The topological polar surface area (TPSA) is 45.7 Å². The zero-order valence-corrected chi connectivity index (χ0v) is 17.6. The Labute approximate surface area is 169 Å². The molecule has 7 heteroatoms. The van der Waals surface area contributed by atoms with Crippen LogP contribution in [0.4, 0.5) is 0 Å². The number of halogens is 2. The van der Waals surface area contributed by atoms with Crippen molar-refractivity contribution in [3.8, 4) is 5.75 Å². The van der Waals surface area contributed by atoms with E-state index < -0.39 is 0 Å². The fourth-order valence-corrected chi connectivity index (χ4v) is 2.79. The van der Waals surface area contributed by atoms with E-state index in [-0.39, 0.29) is 0 Å². The first-order valence-corrected chi connectivity index (χ1v) is 9.60. The predicted octanol–water partition coefficient (Wildman–Crippen LogP) is 4.45. The standard InChI is InChI=1S/C17H17BrIN3OS/c1-2-20-17(24)22-21-10-13-9-14(18)5-8-16(13)23-11-12-3-6-15(19)7-4-12/h3-10H,2,11H2,1H3,(H2,20,22,24)/b21-10-. The Kier molecular flexibility index (Phi) is 7.93. The molecule has 2 aromatic rings. The number of rotatable bonds is 6. The number of benzene rings is 2. The molecular weight excluding hydrogens is 501 g/mol. The van der Waals surface area contributed by atoms with E-state index in [1.54, 1.807) is 6.21 Å². The van der Waals surface area contributed by atoms with Gasteiger partial charge in [-0.3, -0.25) is 5.43 Å². The van der Waals surface area contributed by atoms with Crippen LogP contribution in [0.3, 0.4) is 0 Å². The molecule has 2 rings (SSSR count). The largest absolute Gasteiger partial charge is 0.488 e. The Balaban J connectivity index is 2.05. The summed E-state index contributed by atoms with van der Waals surface area (Å²) in [5.74, 6) is 0.761. The Morgan fingerprint density at radius 2 is 2.04 bits per heavy atom. The number of thiocarbonyl (C=S) groups is 1. The van der Waals surface area contributed by atoms with E-state index in [1.165, 1.54) is 3.57 Å². The molecule has 0 spiro atoms. The van der Waals surface area contributed by atoms with Crippen LogP contribution in [-0.4, -0.2) is 17.9 Å². The van der Waals surface area contributed by atoms with E-state index >= 15 is 0 Å². The molecule has 126 valence electrons. The molecule has 0 unspecified atom stereocenters. The molecule has 2 aromatic carbocycles. The van der Waals surface area contributed by atoms with Crippen LogP contribution in [0, 0.1) is 3.57 Å². The van der Waals surface area contributed by atoms with Gasteiger partial charge in [-0.15, -0.1) is 0 Å². The van der Waals surface area contributed by atoms with Gasteiger partial charge in [0.05, 0.1) is 6.21 Å². The third-order valence-electron chi connectivity index (χ3n) is 2.99. The lowest BCUT2D eigenvalue weighted by Crippen LogP contribution is -2.31. The van der Waals surface area contributed by atoms with E-state index in [0.29, 0.717) is 11.7 Å². The first-order chi connectivity index (χ1) is 11.6. The number of hydrogen-bond acceptors (Lipinski definition) is 3. The van der Waals surface area contributed by atoms with Gasteiger partial charge in [0.15, 0.2) is 5.11 Å². The molecule has 0 amide bonds. The van der Waals surface area contributed by atoms with Crippen LogP contribution < -0.4 is 15.5 Å². The van der Waals surface area contributed by atoms with Crippen LogP contribution >= 0.6 is 50.7 Å². The van der Waals surface area contributed by atoms with Gasteiger partial charge in [-0.25, -0.2) is 0 Å². The van der Waals surface area contributed by atoms with Crippen LogP contribution in [0.2, 0.25) is 0 Å². The molecule has 0 saturated carbocycles. The summed E-state index contributed by atoms with van der Waals surface area (Å²) in [4.78, 5) is 0. The summed E-state index contributed by atoms with van der Waals surface area (Å²) in [6.45, 7) is 3.23. The van der Waals surface area contributed by atoms with Crippen molar-refractivity contribution < 1.29 is 4.74 Å². The van der Waals surface area contributed by atoms with Crippen LogP contribution in [0.15, 0.2) is 52.0 Å². The highest BCUT2D eigenvalue weighted by atomic mass is 127. The van der Waals surface area contributed by atoms with E-state index in [4.69, 9.17) is 17.0 Å². The number of hydrogen-bond donors (Lipinski definition) is 2. The van der Waals surface area contributed by atoms with Gasteiger partial charge in [-0.2, -0.15) is 5.10 Å². The Bertz CT molecular complexity index is 722. The molecule has 0 saturated heterocycles. The van der Waals surface area contributed by atoms with Crippen molar-refractivity contribution in [2.75, 3.05) is 6.54 Å². The average Bonchev–Trinajstić information content (AvgIpc) is 2.56. The minimum atomic E-state index is 0.491. The monoisotopic (exact) mass is 517 g/mol. The molecule has 0 bridgehead atoms. The fraction of sp³-hybridized carbons (Fsp3) is 0.176. The molecular formula is C17H17BrIN3OS. The average molecular weight is 518 g/mol. The number of hydrazone groups is 1. The highest BCUT2D eigenvalue weighted by Gasteiger charge is 2.04. The maximum Gasteiger partial charge on any atom is 0.186 e. The van der Waals surface area contributed by atoms with Gasteiger partial charge in [0.2, 0.25) is 0 Å². The maximum absolute atomic E-state index is 5.93. The third-order valence-corrected chi connectivity index (χ3v) is 4.43. The van der Waals surface area contributed by atoms with Crippen molar-refractivity contribution in [2.24, 2.45) is 5.10 Å². The Morgan fingerprint density at radius 1 is 1.29 bits per heavy atom. The second-order valence-electron chi connectivity index (χ2n) is 4.83. The predicted molar refractivity (Wildman–Crippen MR) is 115 cm³/mol. The molecule has 24 heavy (non-hydrogen) atoms. The molecule has 0 aliphatic rings. The minimum absolute atomic E-state index is 0.491. The van der Waals surface area contributed by atoms with Gasteiger partial charge in [-0.05, 0) is 77.6 Å². The van der Waals surface area contributed by atoms with Gasteiger partial charge in [-0.1, -0.05) is 28.1 Å². The minimum Gasteiger partial charge on any atom is -0.488 e. The van der Waals surface area contributed by atoms with E-state index in [9.17, 15) is 0 Å². The van der Waals surface area contributed by atoms with Crippen molar-refractivity contribution >= 4 is 62.1 Å². The van der Waals surface area contributed by atoms with Crippen LogP contribution in [-0.2, 0) is 6.61 Å². The molecule has 0 aliphatic heterocycles. The summed E-state index contributed by atoms with van der Waals surface area (Å²) in [6.07, 6.45) is 1.69. The van der Waals surface area contributed by atoms with E-state index in [1.807, 2.05) is 25.1 Å². The van der Waals surface area contributed by atoms with Crippen molar-refractivity contribution in [3.63, 3.8) is 0 Å². The molecule has 0 aliphatic carbocycles. The highest BCUT2D eigenvalue weighted by molar-refractivity contribution is 14.1.